The molecule has 0 N–H and O–H groups in total. The van der Waals surface area contributed by atoms with E-state index in [1.54, 1.807) is 0 Å². The second-order valence-electron chi connectivity index (χ2n) is 17.1. The Morgan fingerprint density at radius 3 is 0.951 bits per heavy atom. The van der Waals surface area contributed by atoms with Crippen molar-refractivity contribution in [2.45, 2.75) is 258 Å². The number of ether oxygens (including phenoxy) is 3. The third kappa shape index (κ3) is 48.0. The van der Waals surface area contributed by atoms with Crippen LogP contribution >= 0.6 is 0 Å². The highest BCUT2D eigenvalue weighted by molar-refractivity contribution is 5.71. The van der Waals surface area contributed by atoms with E-state index in [0.717, 1.165) is 103 Å². The number of carbonyl (C=O) groups is 3. The number of esters is 3. The number of hydrogen-bond donors (Lipinski definition) is 0. The van der Waals surface area contributed by atoms with Gasteiger partial charge in [-0.05, 0) is 89.9 Å². The lowest BCUT2D eigenvalue weighted by Crippen LogP contribution is -2.30. The fourth-order valence-electron chi connectivity index (χ4n) is 7.07. The number of rotatable bonds is 46. The van der Waals surface area contributed by atoms with E-state index in [1.807, 2.05) is 0 Å². The van der Waals surface area contributed by atoms with Gasteiger partial charge < -0.3 is 14.2 Å². The quantitative estimate of drug-likeness (QED) is 0.0263. The van der Waals surface area contributed by atoms with Gasteiger partial charge in [0.2, 0.25) is 0 Å². The van der Waals surface area contributed by atoms with Crippen LogP contribution in [0.15, 0.2) is 60.8 Å². The third-order valence-corrected chi connectivity index (χ3v) is 11.0. The van der Waals surface area contributed by atoms with Gasteiger partial charge in [-0.2, -0.15) is 0 Å². The van der Waals surface area contributed by atoms with E-state index in [4.69, 9.17) is 14.2 Å². The molecule has 0 aliphatic heterocycles. The lowest BCUT2D eigenvalue weighted by molar-refractivity contribution is -0.167. The molecule has 0 amide bonds. The van der Waals surface area contributed by atoms with Crippen LogP contribution in [-0.2, 0) is 28.6 Å². The minimum Gasteiger partial charge on any atom is -0.462 e. The van der Waals surface area contributed by atoms with Gasteiger partial charge in [-0.15, -0.1) is 0 Å². The first kappa shape index (κ1) is 58.1. The molecule has 0 unspecified atom stereocenters. The van der Waals surface area contributed by atoms with Crippen molar-refractivity contribution < 1.29 is 28.6 Å². The van der Waals surface area contributed by atoms with Crippen molar-refractivity contribution in [1.29, 1.82) is 0 Å². The smallest absolute Gasteiger partial charge is 0.306 e. The summed E-state index contributed by atoms with van der Waals surface area (Å²) >= 11 is 0. The molecule has 0 saturated carbocycles. The lowest BCUT2D eigenvalue weighted by atomic mass is 10.1. The van der Waals surface area contributed by atoms with Gasteiger partial charge in [-0.25, -0.2) is 0 Å². The van der Waals surface area contributed by atoms with Crippen molar-refractivity contribution >= 4 is 17.9 Å². The van der Waals surface area contributed by atoms with Crippen LogP contribution in [-0.4, -0.2) is 37.2 Å². The SMILES string of the molecule is CCCCC/C=C\C/C=C\C/C=C\CCCCCCC(=O)OC[C@H](COC(=O)CCCCCCC/C=C\C/C=C\CCCCC)OC(=O)CCCCCCCCCCCCC. The topological polar surface area (TPSA) is 78.9 Å². The molecule has 0 rings (SSSR count). The highest BCUT2D eigenvalue weighted by atomic mass is 16.6. The first-order valence-electron chi connectivity index (χ1n) is 25.8. The van der Waals surface area contributed by atoms with Crippen LogP contribution < -0.4 is 0 Å². The first-order valence-corrected chi connectivity index (χ1v) is 25.8. The van der Waals surface area contributed by atoms with Gasteiger partial charge in [-0.1, -0.05) is 204 Å². The molecule has 352 valence electrons. The average Bonchev–Trinajstić information content (AvgIpc) is 3.26. The Morgan fingerprint density at radius 2 is 0.590 bits per heavy atom. The molecule has 6 heteroatoms. The molecule has 61 heavy (non-hydrogen) atoms. The highest BCUT2D eigenvalue weighted by Crippen LogP contribution is 2.14. The van der Waals surface area contributed by atoms with Gasteiger partial charge in [0.25, 0.3) is 0 Å². The zero-order valence-electron chi connectivity index (χ0n) is 40.2. The Labute approximate surface area is 377 Å². The van der Waals surface area contributed by atoms with Crippen molar-refractivity contribution in [2.75, 3.05) is 13.2 Å². The van der Waals surface area contributed by atoms with Crippen LogP contribution in [0.1, 0.15) is 252 Å². The van der Waals surface area contributed by atoms with Gasteiger partial charge in [-0.3, -0.25) is 14.4 Å². The van der Waals surface area contributed by atoms with E-state index >= 15 is 0 Å². The monoisotopic (exact) mass is 853 g/mol. The molecule has 0 radical (unpaired) electrons. The summed E-state index contributed by atoms with van der Waals surface area (Å²) in [6.45, 7) is 6.55. The number of carbonyl (C=O) groups excluding carboxylic acids is 3. The largest absolute Gasteiger partial charge is 0.462 e. The van der Waals surface area contributed by atoms with Crippen molar-refractivity contribution in [3.8, 4) is 0 Å². The van der Waals surface area contributed by atoms with E-state index < -0.39 is 6.10 Å². The van der Waals surface area contributed by atoms with E-state index in [2.05, 4.69) is 81.5 Å². The van der Waals surface area contributed by atoms with Gasteiger partial charge >= 0.3 is 17.9 Å². The molecule has 0 aromatic rings. The van der Waals surface area contributed by atoms with Crippen molar-refractivity contribution in [3.05, 3.63) is 60.8 Å². The van der Waals surface area contributed by atoms with Crippen molar-refractivity contribution in [3.63, 3.8) is 0 Å². The van der Waals surface area contributed by atoms with Gasteiger partial charge in [0.1, 0.15) is 13.2 Å². The highest BCUT2D eigenvalue weighted by Gasteiger charge is 2.19. The molecule has 0 bridgehead atoms. The molecule has 1 atom stereocenters. The molecule has 0 fully saturated rings. The first-order chi connectivity index (χ1) is 30.0. The molecular formula is C55H96O6. The molecule has 0 aliphatic carbocycles. The zero-order valence-corrected chi connectivity index (χ0v) is 40.2. The predicted octanol–water partition coefficient (Wildman–Crippen LogP) is 16.9. The van der Waals surface area contributed by atoms with Crippen LogP contribution in [0.2, 0.25) is 0 Å². The molecule has 0 spiro atoms. The maximum Gasteiger partial charge on any atom is 0.306 e. The van der Waals surface area contributed by atoms with Crippen LogP contribution in [0.3, 0.4) is 0 Å². The zero-order chi connectivity index (χ0) is 44.4. The lowest BCUT2D eigenvalue weighted by Gasteiger charge is -2.18. The summed E-state index contributed by atoms with van der Waals surface area (Å²) < 4.78 is 16.8. The third-order valence-electron chi connectivity index (χ3n) is 11.0. The Morgan fingerprint density at radius 1 is 0.328 bits per heavy atom. The second-order valence-corrected chi connectivity index (χ2v) is 17.1. The maximum absolute atomic E-state index is 12.8. The fourth-order valence-corrected chi connectivity index (χ4v) is 7.07. The van der Waals surface area contributed by atoms with Crippen LogP contribution in [0.25, 0.3) is 0 Å². The van der Waals surface area contributed by atoms with E-state index in [0.29, 0.717) is 19.3 Å². The number of unbranched alkanes of at least 4 members (excludes halogenated alkanes) is 25. The normalized spacial score (nSPS) is 12.5. The summed E-state index contributed by atoms with van der Waals surface area (Å²) in [5, 5.41) is 0. The van der Waals surface area contributed by atoms with E-state index in [-0.39, 0.29) is 31.1 Å². The summed E-state index contributed by atoms with van der Waals surface area (Å²) in [5.74, 6) is -0.918. The Kier molecular flexibility index (Phi) is 47.4. The van der Waals surface area contributed by atoms with E-state index in [1.165, 1.54) is 109 Å². The Hall–Kier alpha value is -2.89. The summed E-state index contributed by atoms with van der Waals surface area (Å²) in [6, 6.07) is 0. The van der Waals surface area contributed by atoms with E-state index in [9.17, 15) is 14.4 Å². The summed E-state index contributed by atoms with van der Waals surface area (Å²) in [7, 11) is 0. The summed E-state index contributed by atoms with van der Waals surface area (Å²) in [4.78, 5) is 37.9. The van der Waals surface area contributed by atoms with Gasteiger partial charge in [0.05, 0.1) is 0 Å². The average molecular weight is 853 g/mol. The molecule has 0 aromatic heterocycles. The number of allylic oxidation sites excluding steroid dienone is 10. The van der Waals surface area contributed by atoms with Crippen LogP contribution in [0.4, 0.5) is 0 Å². The minimum atomic E-state index is -0.786. The molecular weight excluding hydrogens is 757 g/mol. The van der Waals surface area contributed by atoms with Crippen molar-refractivity contribution in [1.82, 2.24) is 0 Å². The van der Waals surface area contributed by atoms with Gasteiger partial charge in [0.15, 0.2) is 6.10 Å². The molecule has 0 aliphatic rings. The summed E-state index contributed by atoms with van der Waals surface area (Å²) in [6.07, 6.45) is 60.5. The van der Waals surface area contributed by atoms with Crippen LogP contribution in [0.5, 0.6) is 0 Å². The molecule has 0 heterocycles. The molecule has 0 aromatic carbocycles. The standard InChI is InChI=1S/C55H96O6/c1-4-7-10-13-16-19-22-24-26-27-29-31-34-36-39-42-45-48-54(57)60-51-52(61-55(58)49-46-43-40-37-32-21-18-15-12-9-6-3)50-59-53(56)47-44-41-38-35-33-30-28-25-23-20-17-14-11-8-5-2/h16-17,19-20,24-26,28-29,31,52H,4-15,18,21-23,27,30,32-51H2,1-3H3/b19-16-,20-17-,26-24-,28-25-,31-29-/t52-/m0/s1. The number of hydrogen-bond acceptors (Lipinski definition) is 6. The van der Waals surface area contributed by atoms with Crippen LogP contribution in [0, 0.1) is 0 Å². The maximum atomic E-state index is 12.8. The predicted molar refractivity (Wildman–Crippen MR) is 261 cm³/mol. The molecule has 6 nitrogen and oxygen atoms in total. The Balaban J connectivity index is 4.41. The second kappa shape index (κ2) is 49.8. The minimum absolute atomic E-state index is 0.0874. The van der Waals surface area contributed by atoms with Crippen molar-refractivity contribution in [2.24, 2.45) is 0 Å². The fraction of sp³-hybridized carbons (Fsp3) is 0.764. The summed E-state index contributed by atoms with van der Waals surface area (Å²) in [5.41, 5.74) is 0. The van der Waals surface area contributed by atoms with Gasteiger partial charge in [0, 0.05) is 19.3 Å². The molecule has 0 saturated heterocycles. The Bertz CT molecular complexity index is 1120.